The van der Waals surface area contributed by atoms with Gasteiger partial charge in [-0.1, -0.05) is 13.8 Å². The Morgan fingerprint density at radius 2 is 2.12 bits per heavy atom. The second-order valence-electron chi connectivity index (χ2n) is 3.95. The van der Waals surface area contributed by atoms with Crippen molar-refractivity contribution in [3.8, 4) is 17.1 Å². The molecule has 1 N–H and O–H groups in total. The molecular weight excluding hydrogens is 202 g/mol. The Kier molecular flexibility index (Phi) is 2.90. The predicted molar refractivity (Wildman–Crippen MR) is 62.5 cm³/mol. The quantitative estimate of drug-likeness (QED) is 0.859. The van der Waals surface area contributed by atoms with Crippen molar-refractivity contribution in [2.75, 3.05) is 7.11 Å². The fraction of sp³-hybridized carbons (Fsp3) is 0.333. The highest BCUT2D eigenvalue weighted by atomic mass is 16.5. The number of methoxy groups -OCH3 is 1. The van der Waals surface area contributed by atoms with E-state index in [9.17, 15) is 0 Å². The van der Waals surface area contributed by atoms with Crippen molar-refractivity contribution >= 4 is 0 Å². The first-order chi connectivity index (χ1) is 7.70. The van der Waals surface area contributed by atoms with Crippen LogP contribution < -0.4 is 4.74 Å². The maximum atomic E-state index is 5.01. The third-order valence-electron chi connectivity index (χ3n) is 2.46. The van der Waals surface area contributed by atoms with Crippen molar-refractivity contribution in [2.24, 2.45) is 0 Å². The molecule has 0 aliphatic heterocycles. The zero-order valence-electron chi connectivity index (χ0n) is 9.69. The first-order valence-corrected chi connectivity index (χ1v) is 5.26. The number of nitrogens with zero attached hydrogens (tertiary/aromatic N) is 2. The molecule has 16 heavy (non-hydrogen) atoms. The standard InChI is InChI=1S/C12H15N3O/c1-8(2)10-6-11(15-14-10)9-4-5-12(16-3)13-7-9/h4-8H,1-3H3,(H,14,15). The topological polar surface area (TPSA) is 50.8 Å². The van der Waals surface area contributed by atoms with Gasteiger partial charge in [0.25, 0.3) is 0 Å². The zero-order chi connectivity index (χ0) is 11.5. The van der Waals surface area contributed by atoms with Gasteiger partial charge < -0.3 is 4.74 Å². The van der Waals surface area contributed by atoms with Crippen LogP contribution in [0.25, 0.3) is 11.3 Å². The van der Waals surface area contributed by atoms with Gasteiger partial charge in [-0.2, -0.15) is 5.10 Å². The highest BCUT2D eigenvalue weighted by Crippen LogP contribution is 2.21. The smallest absolute Gasteiger partial charge is 0.212 e. The molecule has 2 aromatic heterocycles. The molecule has 0 radical (unpaired) electrons. The van der Waals surface area contributed by atoms with Crippen LogP contribution in [0, 0.1) is 0 Å². The lowest BCUT2D eigenvalue weighted by Gasteiger charge is -1.99. The molecule has 0 atom stereocenters. The van der Waals surface area contributed by atoms with Gasteiger partial charge in [-0.05, 0) is 18.1 Å². The number of aromatic nitrogens is 3. The summed E-state index contributed by atoms with van der Waals surface area (Å²) >= 11 is 0. The molecule has 0 amide bonds. The number of H-pyrrole nitrogens is 1. The van der Waals surface area contributed by atoms with Gasteiger partial charge in [0.2, 0.25) is 5.88 Å². The van der Waals surface area contributed by atoms with E-state index >= 15 is 0 Å². The van der Waals surface area contributed by atoms with E-state index in [4.69, 9.17) is 4.74 Å². The average Bonchev–Trinajstić information content (AvgIpc) is 2.78. The second-order valence-corrected chi connectivity index (χ2v) is 3.95. The van der Waals surface area contributed by atoms with Crippen molar-refractivity contribution in [1.82, 2.24) is 15.2 Å². The Morgan fingerprint density at radius 1 is 1.31 bits per heavy atom. The van der Waals surface area contributed by atoms with Gasteiger partial charge in [-0.3, -0.25) is 5.10 Å². The molecule has 0 aliphatic rings. The van der Waals surface area contributed by atoms with Gasteiger partial charge in [-0.15, -0.1) is 0 Å². The summed E-state index contributed by atoms with van der Waals surface area (Å²) < 4.78 is 5.01. The lowest BCUT2D eigenvalue weighted by molar-refractivity contribution is 0.398. The molecule has 4 heteroatoms. The summed E-state index contributed by atoms with van der Waals surface area (Å²) in [6.07, 6.45) is 1.76. The zero-order valence-corrected chi connectivity index (χ0v) is 9.69. The van der Waals surface area contributed by atoms with E-state index in [1.165, 1.54) is 0 Å². The van der Waals surface area contributed by atoms with Gasteiger partial charge in [0, 0.05) is 23.5 Å². The van der Waals surface area contributed by atoms with E-state index in [1.807, 2.05) is 18.2 Å². The Morgan fingerprint density at radius 3 is 2.62 bits per heavy atom. The van der Waals surface area contributed by atoms with Crippen molar-refractivity contribution in [1.29, 1.82) is 0 Å². The van der Waals surface area contributed by atoms with E-state index in [2.05, 4.69) is 29.0 Å². The normalized spacial score (nSPS) is 10.8. The summed E-state index contributed by atoms with van der Waals surface area (Å²) in [5.74, 6) is 1.07. The molecule has 0 spiro atoms. The second kappa shape index (κ2) is 4.35. The Labute approximate surface area is 94.7 Å². The number of aromatic amines is 1. The minimum atomic E-state index is 0.451. The summed E-state index contributed by atoms with van der Waals surface area (Å²) in [6, 6.07) is 5.83. The maximum absolute atomic E-state index is 5.01. The van der Waals surface area contributed by atoms with Crippen molar-refractivity contribution in [3.05, 3.63) is 30.1 Å². The van der Waals surface area contributed by atoms with Crippen molar-refractivity contribution in [3.63, 3.8) is 0 Å². The molecule has 0 aromatic carbocycles. The molecule has 0 bridgehead atoms. The third-order valence-corrected chi connectivity index (χ3v) is 2.46. The predicted octanol–water partition coefficient (Wildman–Crippen LogP) is 2.60. The number of ether oxygens (including phenoxy) is 1. The van der Waals surface area contributed by atoms with Gasteiger partial charge in [0.05, 0.1) is 12.8 Å². The molecule has 2 rings (SSSR count). The van der Waals surface area contributed by atoms with E-state index in [1.54, 1.807) is 13.3 Å². The van der Waals surface area contributed by atoms with Crippen LogP contribution in [-0.4, -0.2) is 22.3 Å². The maximum Gasteiger partial charge on any atom is 0.212 e. The Bertz CT molecular complexity index is 459. The molecule has 0 aliphatic carbocycles. The molecule has 0 fully saturated rings. The van der Waals surface area contributed by atoms with E-state index in [-0.39, 0.29) is 0 Å². The van der Waals surface area contributed by atoms with Crippen LogP contribution in [0.4, 0.5) is 0 Å². The Balaban J connectivity index is 2.28. The van der Waals surface area contributed by atoms with E-state index in [0.29, 0.717) is 11.8 Å². The number of nitrogens with one attached hydrogen (secondary N) is 1. The minimum absolute atomic E-state index is 0.451. The van der Waals surface area contributed by atoms with E-state index in [0.717, 1.165) is 17.0 Å². The molecular formula is C12H15N3O. The van der Waals surface area contributed by atoms with Crippen LogP contribution >= 0.6 is 0 Å². The summed E-state index contributed by atoms with van der Waals surface area (Å²) in [5.41, 5.74) is 3.04. The number of pyridine rings is 1. The molecule has 4 nitrogen and oxygen atoms in total. The molecule has 2 heterocycles. The molecule has 0 unspecified atom stereocenters. The molecule has 0 saturated carbocycles. The summed E-state index contributed by atoms with van der Waals surface area (Å²) in [5, 5.41) is 7.28. The van der Waals surface area contributed by atoms with Gasteiger partial charge in [0.1, 0.15) is 0 Å². The van der Waals surface area contributed by atoms with Crippen molar-refractivity contribution < 1.29 is 4.74 Å². The fourth-order valence-corrected chi connectivity index (χ4v) is 1.43. The van der Waals surface area contributed by atoms with Gasteiger partial charge in [-0.25, -0.2) is 4.98 Å². The first-order valence-electron chi connectivity index (χ1n) is 5.26. The van der Waals surface area contributed by atoms with Crippen LogP contribution in [0.5, 0.6) is 5.88 Å². The SMILES string of the molecule is COc1ccc(-c2cc(C(C)C)[nH]n2)cn1. The summed E-state index contributed by atoms with van der Waals surface area (Å²) in [4.78, 5) is 4.15. The molecule has 0 saturated heterocycles. The summed E-state index contributed by atoms with van der Waals surface area (Å²) in [6.45, 7) is 4.26. The van der Waals surface area contributed by atoms with E-state index < -0.39 is 0 Å². The van der Waals surface area contributed by atoms with Crippen LogP contribution in [0.15, 0.2) is 24.4 Å². The van der Waals surface area contributed by atoms with Crippen molar-refractivity contribution in [2.45, 2.75) is 19.8 Å². The monoisotopic (exact) mass is 217 g/mol. The lowest BCUT2D eigenvalue weighted by Crippen LogP contribution is -1.87. The molecule has 84 valence electrons. The number of rotatable bonds is 3. The highest BCUT2D eigenvalue weighted by molar-refractivity contribution is 5.58. The largest absolute Gasteiger partial charge is 0.481 e. The summed E-state index contributed by atoms with van der Waals surface area (Å²) in [7, 11) is 1.60. The fourth-order valence-electron chi connectivity index (χ4n) is 1.43. The Hall–Kier alpha value is -1.84. The highest BCUT2D eigenvalue weighted by Gasteiger charge is 2.06. The van der Waals surface area contributed by atoms with Gasteiger partial charge in [0.15, 0.2) is 0 Å². The first kappa shape index (κ1) is 10.7. The van der Waals surface area contributed by atoms with Crippen LogP contribution in [0.3, 0.4) is 0 Å². The van der Waals surface area contributed by atoms with Gasteiger partial charge >= 0.3 is 0 Å². The lowest BCUT2D eigenvalue weighted by atomic mass is 10.1. The van der Waals surface area contributed by atoms with Crippen LogP contribution in [0.1, 0.15) is 25.5 Å². The molecule has 2 aromatic rings. The minimum Gasteiger partial charge on any atom is -0.481 e. The van der Waals surface area contributed by atoms with Crippen LogP contribution in [0.2, 0.25) is 0 Å². The van der Waals surface area contributed by atoms with Crippen LogP contribution in [-0.2, 0) is 0 Å². The number of hydrogen-bond donors (Lipinski definition) is 1. The average molecular weight is 217 g/mol. The third kappa shape index (κ3) is 2.05. The number of hydrogen-bond acceptors (Lipinski definition) is 3.